The first-order chi connectivity index (χ1) is 7.18. The number of nitrogens with zero attached hydrogens (tertiary/aromatic N) is 2. The minimum Gasteiger partial charge on any atom is -0.368 e. The zero-order valence-corrected chi connectivity index (χ0v) is 9.58. The Morgan fingerprint density at radius 3 is 3.13 bits per heavy atom. The monoisotopic (exact) mass is 208 g/mol. The smallest absolute Gasteiger partial charge is 0.147 e. The number of piperidine rings is 1. The van der Waals surface area contributed by atoms with Crippen molar-refractivity contribution in [2.75, 3.05) is 25.0 Å². The van der Waals surface area contributed by atoms with Gasteiger partial charge in [-0.1, -0.05) is 6.92 Å². The number of aromatic nitrogens is 2. The fourth-order valence-corrected chi connectivity index (χ4v) is 2.08. The summed E-state index contributed by atoms with van der Waals surface area (Å²) >= 11 is 0. The van der Waals surface area contributed by atoms with E-state index in [1.54, 1.807) is 0 Å². The third kappa shape index (κ3) is 2.72. The summed E-state index contributed by atoms with van der Waals surface area (Å²) in [5.74, 6) is 0.976. The molecule has 0 amide bonds. The van der Waals surface area contributed by atoms with Gasteiger partial charge in [0.05, 0.1) is 0 Å². The summed E-state index contributed by atoms with van der Waals surface area (Å²) in [4.78, 5) is 0. The van der Waals surface area contributed by atoms with E-state index in [9.17, 15) is 0 Å². The highest BCUT2D eigenvalue weighted by Crippen LogP contribution is 2.25. The van der Waals surface area contributed by atoms with Gasteiger partial charge in [0.2, 0.25) is 0 Å². The van der Waals surface area contributed by atoms with Crippen molar-refractivity contribution in [2.24, 2.45) is 12.5 Å². The number of nitrogens with one attached hydrogen (secondary N) is 2. The SMILES string of the molecule is Cn1ccc(NCC2(C)CCCNC2)n1. The standard InChI is InChI=1S/C11H20N4/c1-11(5-3-6-12-8-11)9-13-10-4-7-15(2)14-10/h4,7,12H,3,5-6,8-9H2,1-2H3,(H,13,14). The van der Waals surface area contributed by atoms with Gasteiger partial charge in [0.1, 0.15) is 5.82 Å². The van der Waals surface area contributed by atoms with Crippen molar-refractivity contribution >= 4 is 5.82 Å². The second kappa shape index (κ2) is 4.23. The first kappa shape index (κ1) is 10.5. The van der Waals surface area contributed by atoms with Crippen LogP contribution in [0.3, 0.4) is 0 Å². The molecule has 15 heavy (non-hydrogen) atoms. The van der Waals surface area contributed by atoms with Crippen LogP contribution in [0.15, 0.2) is 12.3 Å². The molecule has 0 spiro atoms. The predicted octanol–water partition coefficient (Wildman–Crippen LogP) is 1.22. The molecule has 1 aliphatic rings. The van der Waals surface area contributed by atoms with Gasteiger partial charge >= 0.3 is 0 Å². The van der Waals surface area contributed by atoms with Crippen LogP contribution in [0.5, 0.6) is 0 Å². The Morgan fingerprint density at radius 1 is 1.67 bits per heavy atom. The van der Waals surface area contributed by atoms with E-state index in [1.807, 2.05) is 24.0 Å². The van der Waals surface area contributed by atoms with Crippen molar-refractivity contribution in [1.29, 1.82) is 0 Å². The lowest BCUT2D eigenvalue weighted by Gasteiger charge is -2.34. The maximum absolute atomic E-state index is 4.31. The van der Waals surface area contributed by atoms with E-state index in [4.69, 9.17) is 0 Å². The molecule has 4 heteroatoms. The van der Waals surface area contributed by atoms with Crippen molar-refractivity contribution in [3.8, 4) is 0 Å². The summed E-state index contributed by atoms with van der Waals surface area (Å²) in [5, 5.41) is 11.2. The maximum Gasteiger partial charge on any atom is 0.147 e. The van der Waals surface area contributed by atoms with Crippen molar-refractivity contribution in [1.82, 2.24) is 15.1 Å². The number of aryl methyl sites for hydroxylation is 1. The van der Waals surface area contributed by atoms with Crippen LogP contribution in [0.1, 0.15) is 19.8 Å². The number of hydrogen-bond donors (Lipinski definition) is 2. The van der Waals surface area contributed by atoms with Crippen LogP contribution in [0.25, 0.3) is 0 Å². The lowest BCUT2D eigenvalue weighted by molar-refractivity contribution is 0.253. The first-order valence-electron chi connectivity index (χ1n) is 5.62. The molecule has 1 fully saturated rings. The molecule has 0 radical (unpaired) electrons. The van der Waals surface area contributed by atoms with Crippen LogP contribution in [0.2, 0.25) is 0 Å². The van der Waals surface area contributed by atoms with E-state index in [2.05, 4.69) is 22.7 Å². The van der Waals surface area contributed by atoms with Crippen molar-refractivity contribution in [3.05, 3.63) is 12.3 Å². The van der Waals surface area contributed by atoms with Crippen molar-refractivity contribution < 1.29 is 0 Å². The van der Waals surface area contributed by atoms with E-state index in [-0.39, 0.29) is 0 Å². The Bertz CT molecular complexity index is 312. The van der Waals surface area contributed by atoms with Gasteiger partial charge in [-0.3, -0.25) is 4.68 Å². The molecular formula is C11H20N4. The van der Waals surface area contributed by atoms with E-state index in [0.29, 0.717) is 5.41 Å². The average Bonchev–Trinajstić information content (AvgIpc) is 2.63. The van der Waals surface area contributed by atoms with Crippen LogP contribution in [0.4, 0.5) is 5.82 Å². The van der Waals surface area contributed by atoms with Gasteiger partial charge in [-0.05, 0) is 24.8 Å². The molecule has 2 heterocycles. The molecule has 4 nitrogen and oxygen atoms in total. The molecule has 1 atom stereocenters. The van der Waals surface area contributed by atoms with E-state index in [0.717, 1.165) is 18.9 Å². The highest BCUT2D eigenvalue weighted by Gasteiger charge is 2.26. The lowest BCUT2D eigenvalue weighted by Crippen LogP contribution is -2.42. The average molecular weight is 208 g/mol. The van der Waals surface area contributed by atoms with Gasteiger partial charge in [0, 0.05) is 32.4 Å². The van der Waals surface area contributed by atoms with Crippen molar-refractivity contribution in [3.63, 3.8) is 0 Å². The van der Waals surface area contributed by atoms with Crippen LogP contribution in [0, 0.1) is 5.41 Å². The molecule has 0 aromatic carbocycles. The number of hydrogen-bond acceptors (Lipinski definition) is 3. The predicted molar refractivity (Wildman–Crippen MR) is 61.9 cm³/mol. The third-order valence-electron chi connectivity index (χ3n) is 3.10. The van der Waals surface area contributed by atoms with Crippen LogP contribution in [-0.4, -0.2) is 29.4 Å². The number of anilines is 1. The summed E-state index contributed by atoms with van der Waals surface area (Å²) < 4.78 is 1.82. The Balaban J connectivity index is 1.86. The fourth-order valence-electron chi connectivity index (χ4n) is 2.08. The van der Waals surface area contributed by atoms with Gasteiger partial charge in [0.25, 0.3) is 0 Å². The maximum atomic E-state index is 4.31. The largest absolute Gasteiger partial charge is 0.368 e. The number of rotatable bonds is 3. The van der Waals surface area contributed by atoms with Crippen LogP contribution >= 0.6 is 0 Å². The molecule has 1 aromatic rings. The third-order valence-corrected chi connectivity index (χ3v) is 3.10. The molecule has 0 aliphatic carbocycles. The highest BCUT2D eigenvalue weighted by molar-refractivity contribution is 5.32. The summed E-state index contributed by atoms with van der Waals surface area (Å²) in [6.45, 7) is 5.60. The van der Waals surface area contributed by atoms with Crippen LogP contribution < -0.4 is 10.6 Å². The quantitative estimate of drug-likeness (QED) is 0.785. The second-order valence-corrected chi connectivity index (χ2v) is 4.82. The van der Waals surface area contributed by atoms with Crippen LogP contribution in [-0.2, 0) is 7.05 Å². The molecule has 1 unspecified atom stereocenters. The van der Waals surface area contributed by atoms with E-state index < -0.39 is 0 Å². The zero-order chi connectivity index (χ0) is 10.7. The van der Waals surface area contributed by atoms with Gasteiger partial charge in [0.15, 0.2) is 0 Å². The summed E-state index contributed by atoms with van der Waals surface area (Å²) in [6.07, 6.45) is 4.53. The van der Waals surface area contributed by atoms with E-state index >= 15 is 0 Å². The molecule has 1 saturated heterocycles. The van der Waals surface area contributed by atoms with Gasteiger partial charge < -0.3 is 10.6 Å². The van der Waals surface area contributed by atoms with Gasteiger partial charge in [-0.2, -0.15) is 5.10 Å². The normalized spacial score (nSPS) is 26.5. The van der Waals surface area contributed by atoms with Gasteiger partial charge in [-0.25, -0.2) is 0 Å². The summed E-state index contributed by atoms with van der Waals surface area (Å²) in [5.41, 5.74) is 0.371. The molecule has 84 valence electrons. The molecule has 0 saturated carbocycles. The zero-order valence-electron chi connectivity index (χ0n) is 9.58. The summed E-state index contributed by atoms with van der Waals surface area (Å²) in [6, 6.07) is 2.01. The molecule has 0 bridgehead atoms. The van der Waals surface area contributed by atoms with E-state index in [1.165, 1.54) is 19.4 Å². The molecule has 2 N–H and O–H groups in total. The minimum atomic E-state index is 0.371. The molecule has 2 rings (SSSR count). The first-order valence-corrected chi connectivity index (χ1v) is 5.62. The second-order valence-electron chi connectivity index (χ2n) is 4.82. The molecule has 1 aliphatic heterocycles. The fraction of sp³-hybridized carbons (Fsp3) is 0.727. The highest BCUT2D eigenvalue weighted by atomic mass is 15.3. The van der Waals surface area contributed by atoms with Gasteiger partial charge in [-0.15, -0.1) is 0 Å². The Morgan fingerprint density at radius 2 is 2.53 bits per heavy atom. The topological polar surface area (TPSA) is 41.9 Å². The Labute approximate surface area is 91.1 Å². The lowest BCUT2D eigenvalue weighted by atomic mass is 9.83. The Hall–Kier alpha value is -1.03. The minimum absolute atomic E-state index is 0.371. The molecular weight excluding hydrogens is 188 g/mol. The van der Waals surface area contributed by atoms with Crippen molar-refractivity contribution in [2.45, 2.75) is 19.8 Å². The molecule has 1 aromatic heterocycles. The Kier molecular flexibility index (Phi) is 2.95. The summed E-state index contributed by atoms with van der Waals surface area (Å²) in [7, 11) is 1.94.